The second-order valence-corrected chi connectivity index (χ2v) is 6.16. The van der Waals surface area contributed by atoms with Gasteiger partial charge in [0.15, 0.2) is 6.29 Å². The predicted octanol–water partition coefficient (Wildman–Crippen LogP) is 0.461. The topological polar surface area (TPSA) is 51.2 Å². The van der Waals surface area contributed by atoms with Crippen LogP contribution in [0.4, 0.5) is 0 Å². The molecule has 0 saturated carbocycles. The lowest BCUT2D eigenvalue weighted by atomic mass is 10.0. The molecule has 3 heterocycles. The number of hydrogen-bond donors (Lipinski definition) is 0. The van der Waals surface area contributed by atoms with E-state index < -0.39 is 0 Å². The highest BCUT2D eigenvalue weighted by Gasteiger charge is 2.35. The summed E-state index contributed by atoms with van der Waals surface area (Å²) in [6, 6.07) is 0.226. The minimum atomic E-state index is -0.151. The van der Waals surface area contributed by atoms with E-state index in [-0.39, 0.29) is 24.3 Å². The lowest BCUT2D eigenvalue weighted by Gasteiger charge is -2.39. The fourth-order valence-corrected chi connectivity index (χ4v) is 3.44. The van der Waals surface area contributed by atoms with E-state index >= 15 is 0 Å². The van der Waals surface area contributed by atoms with Crippen molar-refractivity contribution in [1.82, 2.24) is 9.80 Å². The van der Waals surface area contributed by atoms with E-state index in [9.17, 15) is 4.79 Å². The zero-order valence-electron chi connectivity index (χ0n) is 12.8. The minimum absolute atomic E-state index is 0.140. The van der Waals surface area contributed by atoms with Crippen LogP contribution in [0.5, 0.6) is 0 Å². The van der Waals surface area contributed by atoms with Crippen LogP contribution in [0.25, 0.3) is 0 Å². The number of ether oxygens (including phenoxy) is 3. The third-order valence-corrected chi connectivity index (χ3v) is 4.56. The second-order valence-electron chi connectivity index (χ2n) is 6.16. The standard InChI is InChI=1S/C15H26N2O4/c1-12-10-17(6-7-19-12)14(18)11-16-5-3-2-4-13(16)15-20-8-9-21-15/h12-13,15H,2-11H2,1H3. The zero-order chi connectivity index (χ0) is 14.7. The average molecular weight is 298 g/mol. The van der Waals surface area contributed by atoms with Crippen molar-refractivity contribution in [2.75, 3.05) is 46.0 Å². The van der Waals surface area contributed by atoms with Crippen LogP contribution >= 0.6 is 0 Å². The van der Waals surface area contributed by atoms with Crippen LogP contribution < -0.4 is 0 Å². The third-order valence-electron chi connectivity index (χ3n) is 4.56. The Bertz CT molecular complexity index is 360. The number of piperidine rings is 1. The normalized spacial score (nSPS) is 32.5. The van der Waals surface area contributed by atoms with Crippen molar-refractivity contribution < 1.29 is 19.0 Å². The summed E-state index contributed by atoms with van der Waals surface area (Å²) < 4.78 is 16.8. The maximum Gasteiger partial charge on any atom is 0.236 e. The summed E-state index contributed by atoms with van der Waals surface area (Å²) in [5, 5.41) is 0. The molecule has 1 amide bonds. The molecule has 120 valence electrons. The molecule has 6 heteroatoms. The van der Waals surface area contributed by atoms with Crippen molar-refractivity contribution in [2.24, 2.45) is 0 Å². The van der Waals surface area contributed by atoms with Crippen molar-refractivity contribution in [3.63, 3.8) is 0 Å². The highest BCUT2D eigenvalue weighted by atomic mass is 16.7. The highest BCUT2D eigenvalue weighted by Crippen LogP contribution is 2.24. The van der Waals surface area contributed by atoms with E-state index in [2.05, 4.69) is 4.90 Å². The van der Waals surface area contributed by atoms with E-state index in [1.54, 1.807) is 0 Å². The Balaban J connectivity index is 1.57. The lowest BCUT2D eigenvalue weighted by Crippen LogP contribution is -2.53. The first kappa shape index (κ1) is 15.2. The van der Waals surface area contributed by atoms with E-state index in [4.69, 9.17) is 14.2 Å². The van der Waals surface area contributed by atoms with Gasteiger partial charge in [-0.15, -0.1) is 0 Å². The van der Waals surface area contributed by atoms with Gasteiger partial charge >= 0.3 is 0 Å². The summed E-state index contributed by atoms with van der Waals surface area (Å²) in [6.45, 7) is 6.84. The van der Waals surface area contributed by atoms with Crippen molar-refractivity contribution in [3.05, 3.63) is 0 Å². The second kappa shape index (κ2) is 7.05. The highest BCUT2D eigenvalue weighted by molar-refractivity contribution is 5.78. The first-order chi connectivity index (χ1) is 10.2. The van der Waals surface area contributed by atoms with Crippen molar-refractivity contribution in [1.29, 1.82) is 0 Å². The number of nitrogens with zero attached hydrogens (tertiary/aromatic N) is 2. The van der Waals surface area contributed by atoms with Gasteiger partial charge in [0, 0.05) is 13.1 Å². The molecule has 0 aromatic carbocycles. The number of rotatable bonds is 3. The van der Waals surface area contributed by atoms with Crippen molar-refractivity contribution in [2.45, 2.75) is 44.6 Å². The third kappa shape index (κ3) is 3.74. The molecule has 3 aliphatic rings. The summed E-state index contributed by atoms with van der Waals surface area (Å²) in [6.07, 6.45) is 3.38. The predicted molar refractivity (Wildman–Crippen MR) is 76.9 cm³/mol. The molecule has 2 atom stereocenters. The first-order valence-corrected chi connectivity index (χ1v) is 8.10. The van der Waals surface area contributed by atoms with Gasteiger partial charge in [0.05, 0.1) is 38.5 Å². The Morgan fingerprint density at radius 3 is 2.67 bits per heavy atom. The van der Waals surface area contributed by atoms with Gasteiger partial charge in [-0.3, -0.25) is 9.69 Å². The minimum Gasteiger partial charge on any atom is -0.375 e. The number of morpholine rings is 1. The van der Waals surface area contributed by atoms with Crippen LogP contribution in [0.2, 0.25) is 0 Å². The van der Waals surface area contributed by atoms with Crippen LogP contribution in [-0.4, -0.2) is 80.1 Å². The number of hydrogen-bond acceptors (Lipinski definition) is 5. The fraction of sp³-hybridized carbons (Fsp3) is 0.933. The van der Waals surface area contributed by atoms with Gasteiger partial charge in [-0.05, 0) is 26.3 Å². The Morgan fingerprint density at radius 2 is 1.90 bits per heavy atom. The number of likely N-dealkylation sites (tertiary alicyclic amines) is 1. The molecule has 3 fully saturated rings. The van der Waals surface area contributed by atoms with Crippen LogP contribution in [-0.2, 0) is 19.0 Å². The molecule has 0 N–H and O–H groups in total. The summed E-state index contributed by atoms with van der Waals surface area (Å²) in [4.78, 5) is 16.7. The Kier molecular flexibility index (Phi) is 5.11. The maximum atomic E-state index is 12.5. The molecule has 3 saturated heterocycles. The van der Waals surface area contributed by atoms with E-state index in [1.165, 1.54) is 6.42 Å². The summed E-state index contributed by atoms with van der Waals surface area (Å²) >= 11 is 0. The quantitative estimate of drug-likeness (QED) is 0.758. The number of carbonyl (C=O) groups excluding carboxylic acids is 1. The summed E-state index contributed by atoms with van der Waals surface area (Å²) in [7, 11) is 0. The van der Waals surface area contributed by atoms with Crippen LogP contribution in [0.1, 0.15) is 26.2 Å². The Labute approximate surface area is 126 Å². The molecule has 0 aromatic rings. The molecule has 6 nitrogen and oxygen atoms in total. The molecule has 3 rings (SSSR count). The molecule has 0 radical (unpaired) electrons. The summed E-state index contributed by atoms with van der Waals surface area (Å²) in [5.41, 5.74) is 0. The molecule has 0 bridgehead atoms. The van der Waals surface area contributed by atoms with Gasteiger partial charge in [0.25, 0.3) is 0 Å². The first-order valence-electron chi connectivity index (χ1n) is 8.10. The van der Waals surface area contributed by atoms with Crippen LogP contribution in [0.15, 0.2) is 0 Å². The lowest BCUT2D eigenvalue weighted by molar-refractivity contribution is -0.145. The Morgan fingerprint density at radius 1 is 1.10 bits per heavy atom. The SMILES string of the molecule is CC1CN(C(=O)CN2CCCCC2C2OCCO2)CCO1. The average Bonchev–Trinajstić information content (AvgIpc) is 3.02. The molecule has 0 aromatic heterocycles. The van der Waals surface area contributed by atoms with Crippen molar-refractivity contribution in [3.8, 4) is 0 Å². The monoisotopic (exact) mass is 298 g/mol. The van der Waals surface area contributed by atoms with Gasteiger partial charge in [0.2, 0.25) is 5.91 Å². The van der Waals surface area contributed by atoms with Gasteiger partial charge in [0.1, 0.15) is 0 Å². The van der Waals surface area contributed by atoms with Crippen molar-refractivity contribution >= 4 is 5.91 Å². The smallest absolute Gasteiger partial charge is 0.236 e. The molecule has 0 spiro atoms. The molecule has 0 aliphatic carbocycles. The van der Waals surface area contributed by atoms with E-state index in [0.717, 1.165) is 19.4 Å². The number of amides is 1. The van der Waals surface area contributed by atoms with Crippen LogP contribution in [0, 0.1) is 0 Å². The van der Waals surface area contributed by atoms with E-state index in [1.807, 2.05) is 11.8 Å². The molecule has 2 unspecified atom stereocenters. The van der Waals surface area contributed by atoms with Gasteiger partial charge in [-0.1, -0.05) is 6.42 Å². The van der Waals surface area contributed by atoms with E-state index in [0.29, 0.717) is 39.5 Å². The largest absolute Gasteiger partial charge is 0.375 e. The van der Waals surface area contributed by atoms with Crippen LogP contribution in [0.3, 0.4) is 0 Å². The molecule has 3 aliphatic heterocycles. The number of carbonyl (C=O) groups is 1. The molecular formula is C15H26N2O4. The van der Waals surface area contributed by atoms with Gasteiger partial charge in [-0.2, -0.15) is 0 Å². The molecule has 21 heavy (non-hydrogen) atoms. The fourth-order valence-electron chi connectivity index (χ4n) is 3.44. The summed E-state index contributed by atoms with van der Waals surface area (Å²) in [5.74, 6) is 0.204. The van der Waals surface area contributed by atoms with Gasteiger partial charge < -0.3 is 19.1 Å². The molecular weight excluding hydrogens is 272 g/mol. The Hall–Kier alpha value is -0.690. The van der Waals surface area contributed by atoms with Gasteiger partial charge in [-0.25, -0.2) is 0 Å². The maximum absolute atomic E-state index is 12.5. The zero-order valence-corrected chi connectivity index (χ0v) is 12.8.